The Morgan fingerprint density at radius 3 is 1.59 bits per heavy atom. The summed E-state index contributed by atoms with van der Waals surface area (Å²) in [6.45, 7) is 0. The summed E-state index contributed by atoms with van der Waals surface area (Å²) >= 11 is 0. The molecule has 0 N–H and O–H groups in total. The van der Waals surface area contributed by atoms with Crippen molar-refractivity contribution < 1.29 is 4.74 Å². The third-order valence-electron chi connectivity index (χ3n) is 4.56. The van der Waals surface area contributed by atoms with E-state index in [0.717, 1.165) is 5.75 Å². The Kier molecular flexibility index (Phi) is 5.32. The Labute approximate surface area is 162 Å². The highest BCUT2D eigenvalue weighted by Crippen LogP contribution is 2.40. The molecule has 1 nitrogen and oxygen atoms in total. The SMILES string of the molecule is COc1cccc(-c2ccccc2)c1P(c1ccccc1)c1ccccc1. The Morgan fingerprint density at radius 1 is 0.556 bits per heavy atom. The first kappa shape index (κ1) is 17.5. The summed E-state index contributed by atoms with van der Waals surface area (Å²) in [4.78, 5) is 0. The number of hydrogen-bond acceptors (Lipinski definition) is 1. The number of ether oxygens (including phenoxy) is 1. The summed E-state index contributed by atoms with van der Waals surface area (Å²) in [5.74, 6) is 0.940. The van der Waals surface area contributed by atoms with Crippen LogP contribution in [0.1, 0.15) is 0 Å². The highest BCUT2D eigenvalue weighted by Gasteiger charge is 2.23. The third-order valence-corrected chi connectivity index (χ3v) is 7.09. The lowest BCUT2D eigenvalue weighted by Crippen LogP contribution is -2.23. The second kappa shape index (κ2) is 8.20. The van der Waals surface area contributed by atoms with Crippen LogP contribution in [0.25, 0.3) is 11.1 Å². The van der Waals surface area contributed by atoms with Crippen LogP contribution in [0.4, 0.5) is 0 Å². The maximum absolute atomic E-state index is 5.85. The van der Waals surface area contributed by atoms with Crippen LogP contribution in [0, 0.1) is 0 Å². The van der Waals surface area contributed by atoms with Crippen LogP contribution in [0.15, 0.2) is 109 Å². The minimum absolute atomic E-state index is 0.742. The predicted molar refractivity (Wildman–Crippen MR) is 117 cm³/mol. The van der Waals surface area contributed by atoms with Crippen molar-refractivity contribution in [2.24, 2.45) is 0 Å². The van der Waals surface area contributed by atoms with Gasteiger partial charge in [-0.05, 0) is 35.7 Å². The molecule has 0 aliphatic heterocycles. The van der Waals surface area contributed by atoms with E-state index in [4.69, 9.17) is 4.74 Å². The molecule has 0 amide bonds. The lowest BCUT2D eigenvalue weighted by molar-refractivity contribution is 0.418. The molecule has 0 radical (unpaired) electrons. The van der Waals surface area contributed by atoms with Crippen molar-refractivity contribution in [3.63, 3.8) is 0 Å². The second-order valence-electron chi connectivity index (χ2n) is 6.23. The molecule has 0 saturated carbocycles. The van der Waals surface area contributed by atoms with E-state index in [9.17, 15) is 0 Å². The van der Waals surface area contributed by atoms with Crippen molar-refractivity contribution in [2.45, 2.75) is 0 Å². The molecule has 0 saturated heterocycles. The first-order valence-electron chi connectivity index (χ1n) is 9.01. The van der Waals surface area contributed by atoms with E-state index in [1.165, 1.54) is 27.0 Å². The maximum Gasteiger partial charge on any atom is 0.127 e. The van der Waals surface area contributed by atoms with Crippen LogP contribution in [0.2, 0.25) is 0 Å². The number of rotatable bonds is 5. The van der Waals surface area contributed by atoms with Crippen LogP contribution in [0.5, 0.6) is 5.75 Å². The average Bonchev–Trinajstić information content (AvgIpc) is 2.76. The number of methoxy groups -OCH3 is 1. The van der Waals surface area contributed by atoms with Crippen LogP contribution in [0.3, 0.4) is 0 Å². The topological polar surface area (TPSA) is 9.23 Å². The van der Waals surface area contributed by atoms with Gasteiger partial charge in [-0.1, -0.05) is 103 Å². The van der Waals surface area contributed by atoms with Crippen LogP contribution in [-0.2, 0) is 0 Å². The van der Waals surface area contributed by atoms with Gasteiger partial charge in [-0.15, -0.1) is 0 Å². The minimum atomic E-state index is -0.742. The van der Waals surface area contributed by atoms with Gasteiger partial charge in [-0.25, -0.2) is 0 Å². The van der Waals surface area contributed by atoms with Crippen molar-refractivity contribution in [3.05, 3.63) is 109 Å². The molecule has 0 aromatic heterocycles. The van der Waals surface area contributed by atoms with Gasteiger partial charge in [-0.3, -0.25) is 0 Å². The standard InChI is InChI=1S/C25H21OP/c1-26-24-19-11-18-23(20-12-5-2-6-13-20)25(24)27(21-14-7-3-8-15-21)22-16-9-4-10-17-22/h2-19H,1H3. The van der Waals surface area contributed by atoms with Crippen molar-refractivity contribution in [3.8, 4) is 16.9 Å². The molecule has 4 rings (SSSR count). The molecule has 2 heteroatoms. The van der Waals surface area contributed by atoms with Gasteiger partial charge in [0.1, 0.15) is 5.75 Å². The molecule has 0 bridgehead atoms. The summed E-state index contributed by atoms with van der Waals surface area (Å²) in [6, 6.07) is 38.4. The molecule has 132 valence electrons. The second-order valence-corrected chi connectivity index (χ2v) is 8.38. The first-order chi connectivity index (χ1) is 13.4. The van der Waals surface area contributed by atoms with Gasteiger partial charge in [-0.2, -0.15) is 0 Å². The molecule has 0 aliphatic carbocycles. The van der Waals surface area contributed by atoms with Crippen molar-refractivity contribution in [2.75, 3.05) is 7.11 Å². The van der Waals surface area contributed by atoms with Gasteiger partial charge >= 0.3 is 0 Å². The zero-order chi connectivity index (χ0) is 18.5. The summed E-state index contributed by atoms with van der Waals surface area (Å²) in [5, 5.41) is 3.90. The van der Waals surface area contributed by atoms with Gasteiger partial charge in [0.25, 0.3) is 0 Å². The average molecular weight is 368 g/mol. The Bertz CT molecular complexity index is 959. The predicted octanol–water partition coefficient (Wildman–Crippen LogP) is 5.12. The fraction of sp³-hybridized carbons (Fsp3) is 0.0400. The molecule has 27 heavy (non-hydrogen) atoms. The lowest BCUT2D eigenvalue weighted by Gasteiger charge is -2.24. The third kappa shape index (κ3) is 3.65. The van der Waals surface area contributed by atoms with Crippen LogP contribution < -0.4 is 20.7 Å². The lowest BCUT2D eigenvalue weighted by atomic mass is 10.1. The highest BCUT2D eigenvalue weighted by molar-refractivity contribution is 7.80. The molecule has 4 aromatic rings. The van der Waals surface area contributed by atoms with Gasteiger partial charge in [0.2, 0.25) is 0 Å². The molecule has 4 aromatic carbocycles. The molecular weight excluding hydrogens is 347 g/mol. The summed E-state index contributed by atoms with van der Waals surface area (Å²) in [6.07, 6.45) is 0. The van der Waals surface area contributed by atoms with E-state index in [0.29, 0.717) is 0 Å². The van der Waals surface area contributed by atoms with E-state index >= 15 is 0 Å². The zero-order valence-corrected chi connectivity index (χ0v) is 16.1. The van der Waals surface area contributed by atoms with Gasteiger partial charge in [0.15, 0.2) is 0 Å². The molecular formula is C25H21OP. The smallest absolute Gasteiger partial charge is 0.127 e. The van der Waals surface area contributed by atoms with Crippen molar-refractivity contribution >= 4 is 23.8 Å². The quantitative estimate of drug-likeness (QED) is 0.444. The maximum atomic E-state index is 5.85. The fourth-order valence-electron chi connectivity index (χ4n) is 3.33. The number of benzene rings is 4. The Morgan fingerprint density at radius 2 is 1.07 bits per heavy atom. The monoisotopic (exact) mass is 368 g/mol. The molecule has 0 aliphatic rings. The van der Waals surface area contributed by atoms with Crippen LogP contribution in [-0.4, -0.2) is 7.11 Å². The van der Waals surface area contributed by atoms with E-state index in [1.807, 2.05) is 0 Å². The van der Waals surface area contributed by atoms with E-state index < -0.39 is 7.92 Å². The van der Waals surface area contributed by atoms with Crippen molar-refractivity contribution in [1.82, 2.24) is 0 Å². The van der Waals surface area contributed by atoms with Crippen molar-refractivity contribution in [1.29, 1.82) is 0 Å². The van der Waals surface area contributed by atoms with Gasteiger partial charge < -0.3 is 4.74 Å². The molecule has 0 heterocycles. The fourth-order valence-corrected chi connectivity index (χ4v) is 5.92. The largest absolute Gasteiger partial charge is 0.496 e. The van der Waals surface area contributed by atoms with Crippen LogP contribution >= 0.6 is 7.92 Å². The Balaban J connectivity index is 2.00. The Hall–Kier alpha value is -2.89. The number of hydrogen-bond donors (Lipinski definition) is 0. The minimum Gasteiger partial charge on any atom is -0.496 e. The zero-order valence-electron chi connectivity index (χ0n) is 15.2. The molecule has 0 fully saturated rings. The highest BCUT2D eigenvalue weighted by atomic mass is 31.1. The van der Waals surface area contributed by atoms with Gasteiger partial charge in [0, 0.05) is 5.30 Å². The normalized spacial score (nSPS) is 10.7. The summed E-state index contributed by atoms with van der Waals surface area (Å²) < 4.78 is 5.85. The molecule has 0 spiro atoms. The van der Waals surface area contributed by atoms with E-state index in [2.05, 4.69) is 109 Å². The van der Waals surface area contributed by atoms with E-state index in [-0.39, 0.29) is 0 Å². The first-order valence-corrected chi connectivity index (χ1v) is 10.4. The van der Waals surface area contributed by atoms with E-state index in [1.54, 1.807) is 7.11 Å². The summed E-state index contributed by atoms with van der Waals surface area (Å²) in [5.41, 5.74) is 2.44. The van der Waals surface area contributed by atoms with Gasteiger partial charge in [0.05, 0.1) is 7.11 Å². The molecule has 0 unspecified atom stereocenters. The molecule has 0 atom stereocenters. The summed E-state index contributed by atoms with van der Waals surface area (Å²) in [7, 11) is 1.02.